The summed E-state index contributed by atoms with van der Waals surface area (Å²) in [5.41, 5.74) is 6.15. The minimum atomic E-state index is -3.68. The number of sulfonamides is 1. The molecule has 0 saturated heterocycles. The lowest BCUT2D eigenvalue weighted by atomic mass is 10.3. The van der Waals surface area contributed by atoms with Crippen molar-refractivity contribution in [1.29, 1.82) is 0 Å². The van der Waals surface area contributed by atoms with E-state index in [1.54, 1.807) is 20.3 Å². The Morgan fingerprint density at radius 3 is 2.61 bits per heavy atom. The van der Waals surface area contributed by atoms with E-state index in [1.807, 2.05) is 0 Å². The quantitative estimate of drug-likeness (QED) is 0.772. The number of hydrogen-bond acceptors (Lipinski definition) is 5. The van der Waals surface area contributed by atoms with Gasteiger partial charge in [0, 0.05) is 38.6 Å². The first kappa shape index (κ1) is 12.6. The number of rotatable bonds is 4. The van der Waals surface area contributed by atoms with Crippen LogP contribution < -0.4 is 10.5 Å². The van der Waals surface area contributed by atoms with E-state index in [0.717, 1.165) is 0 Å². The van der Waals surface area contributed by atoms with E-state index in [2.05, 4.69) is 14.9 Å². The topological polar surface area (TPSA) is 108 Å². The monoisotopic (exact) mass is 270 g/mol. The van der Waals surface area contributed by atoms with E-state index in [4.69, 9.17) is 5.73 Å². The summed E-state index contributed by atoms with van der Waals surface area (Å²) >= 11 is 0. The van der Waals surface area contributed by atoms with Gasteiger partial charge in [-0.3, -0.25) is 14.1 Å². The highest BCUT2D eigenvalue weighted by Gasteiger charge is 2.19. The molecule has 0 aliphatic carbocycles. The molecule has 98 valence electrons. The van der Waals surface area contributed by atoms with E-state index in [0.29, 0.717) is 5.56 Å². The first-order valence-corrected chi connectivity index (χ1v) is 6.65. The van der Waals surface area contributed by atoms with Gasteiger partial charge in [-0.25, -0.2) is 8.42 Å². The molecular formula is C9H14N6O2S. The highest BCUT2D eigenvalue weighted by atomic mass is 32.2. The zero-order valence-corrected chi connectivity index (χ0v) is 10.8. The molecule has 3 N–H and O–H groups in total. The zero-order chi connectivity index (χ0) is 13.3. The van der Waals surface area contributed by atoms with Crippen LogP contribution in [-0.4, -0.2) is 28.0 Å². The summed E-state index contributed by atoms with van der Waals surface area (Å²) in [6.45, 7) is 0.207. The van der Waals surface area contributed by atoms with Crippen molar-refractivity contribution in [3.05, 3.63) is 24.2 Å². The van der Waals surface area contributed by atoms with Crippen molar-refractivity contribution in [3.8, 4) is 0 Å². The lowest BCUT2D eigenvalue weighted by molar-refractivity contribution is 0.600. The van der Waals surface area contributed by atoms with Crippen LogP contribution in [-0.2, 0) is 30.7 Å². The van der Waals surface area contributed by atoms with Gasteiger partial charge in [0.15, 0.2) is 5.82 Å². The summed E-state index contributed by atoms with van der Waals surface area (Å²) in [5, 5.41) is 7.84. The van der Waals surface area contributed by atoms with E-state index in [-0.39, 0.29) is 17.3 Å². The molecule has 9 heteroatoms. The number of aryl methyl sites for hydroxylation is 2. The highest BCUT2D eigenvalue weighted by Crippen LogP contribution is 2.17. The van der Waals surface area contributed by atoms with Crippen LogP contribution in [0.25, 0.3) is 0 Å². The summed E-state index contributed by atoms with van der Waals surface area (Å²) in [4.78, 5) is 0.0821. The molecule has 0 spiro atoms. The van der Waals surface area contributed by atoms with Crippen LogP contribution in [0.1, 0.15) is 5.56 Å². The van der Waals surface area contributed by atoms with Gasteiger partial charge in [-0.2, -0.15) is 10.2 Å². The Labute approximate surface area is 104 Å². The third-order valence-electron chi connectivity index (χ3n) is 2.35. The van der Waals surface area contributed by atoms with Gasteiger partial charge in [0.2, 0.25) is 0 Å². The smallest absolute Gasteiger partial charge is 0.266 e. The second-order valence-corrected chi connectivity index (χ2v) is 5.52. The normalized spacial score (nSPS) is 11.7. The second-order valence-electron chi connectivity index (χ2n) is 3.84. The average Bonchev–Trinajstić information content (AvgIpc) is 2.84. The Balaban J connectivity index is 2.33. The first-order valence-electron chi connectivity index (χ1n) is 5.16. The minimum Gasteiger partial charge on any atom is -0.326 e. The highest BCUT2D eigenvalue weighted by molar-refractivity contribution is 7.92. The third-order valence-corrected chi connectivity index (χ3v) is 3.64. The van der Waals surface area contributed by atoms with Gasteiger partial charge in [0.05, 0.1) is 6.20 Å². The predicted molar refractivity (Wildman–Crippen MR) is 65.1 cm³/mol. The Morgan fingerprint density at radius 2 is 2.06 bits per heavy atom. The van der Waals surface area contributed by atoms with Gasteiger partial charge in [-0.15, -0.1) is 0 Å². The Hall–Kier alpha value is -1.87. The molecule has 0 atom stereocenters. The number of aromatic nitrogens is 4. The van der Waals surface area contributed by atoms with Crippen molar-refractivity contribution in [1.82, 2.24) is 19.6 Å². The van der Waals surface area contributed by atoms with Crippen LogP contribution in [0.5, 0.6) is 0 Å². The Morgan fingerprint density at radius 1 is 1.33 bits per heavy atom. The Bertz CT molecular complexity index is 656. The number of nitrogens with zero attached hydrogens (tertiary/aromatic N) is 4. The van der Waals surface area contributed by atoms with Gasteiger partial charge in [-0.1, -0.05) is 0 Å². The molecule has 0 amide bonds. The second kappa shape index (κ2) is 4.42. The van der Waals surface area contributed by atoms with Crippen molar-refractivity contribution in [2.24, 2.45) is 19.8 Å². The number of nitrogens with one attached hydrogen (secondary N) is 1. The summed E-state index contributed by atoms with van der Waals surface area (Å²) in [6, 6.07) is 0. The van der Waals surface area contributed by atoms with E-state index >= 15 is 0 Å². The van der Waals surface area contributed by atoms with Crippen molar-refractivity contribution in [2.45, 2.75) is 11.4 Å². The standard InChI is InChI=1S/C9H14N6O2S/c1-14-6-8(4-11-14)18(16,17)13-9-7(3-10)5-15(2)12-9/h4-6H,3,10H2,1-2H3,(H,12,13). The van der Waals surface area contributed by atoms with Crippen LogP contribution in [0.3, 0.4) is 0 Å². The van der Waals surface area contributed by atoms with Gasteiger partial charge in [-0.05, 0) is 0 Å². The lowest BCUT2D eigenvalue weighted by Gasteiger charge is -2.04. The molecular weight excluding hydrogens is 256 g/mol. The van der Waals surface area contributed by atoms with Gasteiger partial charge in [0.25, 0.3) is 10.0 Å². The number of nitrogens with two attached hydrogens (primary N) is 1. The van der Waals surface area contributed by atoms with Crippen LogP contribution in [0, 0.1) is 0 Å². The number of hydrogen-bond donors (Lipinski definition) is 2. The minimum absolute atomic E-state index is 0.0821. The SMILES string of the molecule is Cn1cc(S(=O)(=O)Nc2nn(C)cc2CN)cn1. The summed E-state index contributed by atoms with van der Waals surface area (Å²) in [5.74, 6) is 0.240. The van der Waals surface area contributed by atoms with Crippen LogP contribution in [0.15, 0.2) is 23.5 Å². The van der Waals surface area contributed by atoms with E-state index in [9.17, 15) is 8.42 Å². The molecule has 0 radical (unpaired) electrons. The fraction of sp³-hybridized carbons (Fsp3) is 0.333. The molecule has 2 aromatic heterocycles. The van der Waals surface area contributed by atoms with Gasteiger partial charge >= 0.3 is 0 Å². The van der Waals surface area contributed by atoms with E-state index in [1.165, 1.54) is 21.8 Å². The average molecular weight is 270 g/mol. The molecule has 2 heterocycles. The van der Waals surface area contributed by atoms with Crippen molar-refractivity contribution < 1.29 is 8.42 Å². The van der Waals surface area contributed by atoms with Crippen molar-refractivity contribution in [2.75, 3.05) is 4.72 Å². The maximum absolute atomic E-state index is 12.0. The van der Waals surface area contributed by atoms with Crippen LogP contribution in [0.4, 0.5) is 5.82 Å². The molecule has 2 aromatic rings. The molecule has 0 bridgehead atoms. The Kier molecular flexibility index (Phi) is 3.09. The summed E-state index contributed by atoms with van der Waals surface area (Å²) in [7, 11) is -0.337. The fourth-order valence-electron chi connectivity index (χ4n) is 1.50. The molecule has 0 aliphatic heterocycles. The molecule has 0 unspecified atom stereocenters. The lowest BCUT2D eigenvalue weighted by Crippen LogP contribution is -2.14. The summed E-state index contributed by atoms with van der Waals surface area (Å²) in [6.07, 6.45) is 4.35. The molecule has 0 aliphatic rings. The van der Waals surface area contributed by atoms with Crippen LogP contribution in [0.2, 0.25) is 0 Å². The molecule has 0 saturated carbocycles. The zero-order valence-electron chi connectivity index (χ0n) is 10.0. The molecule has 0 aromatic carbocycles. The van der Waals surface area contributed by atoms with Crippen LogP contribution >= 0.6 is 0 Å². The van der Waals surface area contributed by atoms with Gasteiger partial charge < -0.3 is 5.73 Å². The summed E-state index contributed by atoms with van der Waals surface area (Å²) < 4.78 is 29.4. The maximum atomic E-state index is 12.0. The first-order chi connectivity index (χ1) is 8.42. The maximum Gasteiger partial charge on any atom is 0.266 e. The molecule has 2 rings (SSSR count). The van der Waals surface area contributed by atoms with Gasteiger partial charge in [0.1, 0.15) is 4.90 Å². The predicted octanol–water partition coefficient (Wildman–Crippen LogP) is -0.587. The number of anilines is 1. The largest absolute Gasteiger partial charge is 0.326 e. The molecule has 0 fully saturated rings. The fourth-order valence-corrected chi connectivity index (χ4v) is 2.52. The molecule has 18 heavy (non-hydrogen) atoms. The van der Waals surface area contributed by atoms with E-state index < -0.39 is 10.0 Å². The third kappa shape index (κ3) is 2.36. The molecule has 8 nitrogen and oxygen atoms in total. The van der Waals surface area contributed by atoms with Crippen molar-refractivity contribution in [3.63, 3.8) is 0 Å². The van der Waals surface area contributed by atoms with Crippen molar-refractivity contribution >= 4 is 15.8 Å².